The van der Waals surface area contributed by atoms with Crippen molar-refractivity contribution in [1.82, 2.24) is 24.1 Å². The van der Waals surface area contributed by atoms with Gasteiger partial charge in [-0.25, -0.2) is 4.98 Å². The standard InChI is InChI=1S/C19H17F3N6O2/c1-27-9-7-23-16(27)11-24-18-26-25-17(14-4-3-8-28(14)18)13-6-5-12(29-2)10-15(13)30-19(20,21)22/h3-10H,11H2,1-2H3,(H,24,26). The number of aromatic nitrogens is 5. The number of alkyl halides is 3. The van der Waals surface area contributed by atoms with E-state index < -0.39 is 12.1 Å². The Morgan fingerprint density at radius 1 is 1.13 bits per heavy atom. The quantitative estimate of drug-likeness (QED) is 0.515. The smallest absolute Gasteiger partial charge is 0.497 e. The Morgan fingerprint density at radius 2 is 1.97 bits per heavy atom. The van der Waals surface area contributed by atoms with Gasteiger partial charge in [0.15, 0.2) is 0 Å². The van der Waals surface area contributed by atoms with E-state index in [1.54, 1.807) is 28.9 Å². The number of halogens is 3. The van der Waals surface area contributed by atoms with Gasteiger partial charge in [0.25, 0.3) is 0 Å². The molecule has 4 rings (SSSR count). The molecule has 0 atom stereocenters. The molecule has 0 unspecified atom stereocenters. The fourth-order valence-electron chi connectivity index (χ4n) is 3.03. The fourth-order valence-corrected chi connectivity index (χ4v) is 3.03. The number of nitrogens with zero attached hydrogens (tertiary/aromatic N) is 5. The van der Waals surface area contributed by atoms with E-state index in [1.807, 2.05) is 17.8 Å². The van der Waals surface area contributed by atoms with Gasteiger partial charge < -0.3 is 19.4 Å². The highest BCUT2D eigenvalue weighted by molar-refractivity contribution is 5.81. The van der Waals surface area contributed by atoms with Crippen LogP contribution in [0.4, 0.5) is 19.1 Å². The predicted molar refractivity (Wildman–Crippen MR) is 102 cm³/mol. The molecule has 0 aliphatic heterocycles. The lowest BCUT2D eigenvalue weighted by Gasteiger charge is -2.15. The van der Waals surface area contributed by atoms with E-state index in [4.69, 9.17) is 4.74 Å². The number of fused-ring (bicyclic) bond motifs is 1. The number of benzene rings is 1. The molecule has 3 aromatic heterocycles. The van der Waals surface area contributed by atoms with Crippen molar-refractivity contribution in [3.63, 3.8) is 0 Å². The molecule has 8 nitrogen and oxygen atoms in total. The summed E-state index contributed by atoms with van der Waals surface area (Å²) in [5, 5.41) is 11.5. The molecule has 0 saturated carbocycles. The van der Waals surface area contributed by atoms with Crippen molar-refractivity contribution in [1.29, 1.82) is 0 Å². The van der Waals surface area contributed by atoms with E-state index in [0.717, 1.165) is 11.9 Å². The minimum Gasteiger partial charge on any atom is -0.497 e. The van der Waals surface area contributed by atoms with E-state index in [2.05, 4.69) is 25.2 Å². The number of imidazole rings is 1. The zero-order chi connectivity index (χ0) is 21.3. The summed E-state index contributed by atoms with van der Waals surface area (Å²) in [4.78, 5) is 4.23. The van der Waals surface area contributed by atoms with Crippen LogP contribution in [-0.4, -0.2) is 37.6 Å². The molecule has 0 aliphatic rings. The second-order valence-corrected chi connectivity index (χ2v) is 6.35. The molecule has 0 spiro atoms. The summed E-state index contributed by atoms with van der Waals surface area (Å²) < 4.78 is 51.6. The summed E-state index contributed by atoms with van der Waals surface area (Å²) in [6, 6.07) is 7.64. The second-order valence-electron chi connectivity index (χ2n) is 6.35. The SMILES string of the molecule is COc1ccc(-c2nnc(NCc3nccn3C)n3cccc23)c(OC(F)(F)F)c1. The molecular formula is C19H17F3N6O2. The van der Waals surface area contributed by atoms with Gasteiger partial charge in [-0.05, 0) is 24.3 Å². The Labute approximate surface area is 168 Å². The Hall–Kier alpha value is -3.76. The van der Waals surface area contributed by atoms with Gasteiger partial charge in [-0.15, -0.1) is 23.4 Å². The largest absolute Gasteiger partial charge is 0.573 e. The number of ether oxygens (including phenoxy) is 2. The third-order valence-electron chi connectivity index (χ3n) is 4.46. The van der Waals surface area contributed by atoms with Crippen molar-refractivity contribution in [2.45, 2.75) is 12.9 Å². The van der Waals surface area contributed by atoms with Crippen molar-refractivity contribution >= 4 is 11.5 Å². The van der Waals surface area contributed by atoms with E-state index >= 15 is 0 Å². The van der Waals surface area contributed by atoms with Gasteiger partial charge in [0, 0.05) is 37.3 Å². The highest BCUT2D eigenvalue weighted by Crippen LogP contribution is 2.37. The fraction of sp³-hybridized carbons (Fsp3) is 0.211. The number of hydrogen-bond acceptors (Lipinski definition) is 6. The first-order valence-corrected chi connectivity index (χ1v) is 8.83. The topological polar surface area (TPSA) is 78.5 Å². The molecule has 156 valence electrons. The van der Waals surface area contributed by atoms with E-state index in [-0.39, 0.29) is 17.0 Å². The van der Waals surface area contributed by atoms with E-state index in [0.29, 0.717) is 18.0 Å². The Kier molecular flexibility index (Phi) is 4.94. The molecular weight excluding hydrogens is 401 g/mol. The first kappa shape index (κ1) is 19.6. The summed E-state index contributed by atoms with van der Waals surface area (Å²) in [7, 11) is 3.23. The molecule has 0 bridgehead atoms. The van der Waals surface area contributed by atoms with Gasteiger partial charge in [-0.2, -0.15) is 0 Å². The number of hydrogen-bond donors (Lipinski definition) is 1. The van der Waals surface area contributed by atoms with Crippen LogP contribution in [0.15, 0.2) is 48.9 Å². The number of rotatable bonds is 6. The lowest BCUT2D eigenvalue weighted by atomic mass is 10.1. The normalized spacial score (nSPS) is 11.6. The van der Waals surface area contributed by atoms with Crippen LogP contribution in [0.5, 0.6) is 11.5 Å². The first-order chi connectivity index (χ1) is 14.4. The first-order valence-electron chi connectivity index (χ1n) is 8.83. The molecule has 1 aromatic carbocycles. The maximum Gasteiger partial charge on any atom is 0.573 e. The molecule has 0 amide bonds. The summed E-state index contributed by atoms with van der Waals surface area (Å²) in [5.41, 5.74) is 0.939. The molecule has 11 heteroatoms. The number of aryl methyl sites for hydroxylation is 1. The lowest BCUT2D eigenvalue weighted by Crippen LogP contribution is -2.18. The Bertz CT molecular complexity index is 1180. The average molecular weight is 418 g/mol. The van der Waals surface area contributed by atoms with Crippen LogP contribution in [0.3, 0.4) is 0 Å². The zero-order valence-corrected chi connectivity index (χ0v) is 16.0. The Balaban J connectivity index is 1.74. The lowest BCUT2D eigenvalue weighted by molar-refractivity contribution is -0.274. The van der Waals surface area contributed by atoms with Gasteiger partial charge in [0.05, 0.1) is 19.2 Å². The highest BCUT2D eigenvalue weighted by atomic mass is 19.4. The molecule has 30 heavy (non-hydrogen) atoms. The van der Waals surface area contributed by atoms with Crippen LogP contribution in [0, 0.1) is 0 Å². The summed E-state index contributed by atoms with van der Waals surface area (Å²) >= 11 is 0. The van der Waals surface area contributed by atoms with Gasteiger partial charge >= 0.3 is 6.36 Å². The molecule has 0 radical (unpaired) electrons. The summed E-state index contributed by atoms with van der Waals surface area (Å²) in [6.45, 7) is 0.399. The monoisotopic (exact) mass is 418 g/mol. The van der Waals surface area contributed by atoms with Crippen molar-refractivity contribution in [3.05, 3.63) is 54.7 Å². The van der Waals surface area contributed by atoms with E-state index in [1.165, 1.54) is 19.2 Å². The van der Waals surface area contributed by atoms with Crippen molar-refractivity contribution in [2.24, 2.45) is 7.05 Å². The van der Waals surface area contributed by atoms with Crippen molar-refractivity contribution in [3.8, 4) is 22.8 Å². The molecule has 0 saturated heterocycles. The molecule has 1 N–H and O–H groups in total. The van der Waals surface area contributed by atoms with E-state index in [9.17, 15) is 13.2 Å². The van der Waals surface area contributed by atoms with Crippen LogP contribution in [0.2, 0.25) is 0 Å². The minimum atomic E-state index is -4.86. The van der Waals surface area contributed by atoms with Gasteiger partial charge in [0.2, 0.25) is 5.95 Å². The summed E-state index contributed by atoms with van der Waals surface area (Å²) in [6.07, 6.45) is 0.379. The van der Waals surface area contributed by atoms with Crippen LogP contribution in [0.1, 0.15) is 5.82 Å². The van der Waals surface area contributed by atoms with Gasteiger partial charge in [0.1, 0.15) is 23.0 Å². The van der Waals surface area contributed by atoms with Gasteiger partial charge in [-0.1, -0.05) is 0 Å². The maximum absolute atomic E-state index is 12.9. The third-order valence-corrected chi connectivity index (χ3v) is 4.46. The van der Waals surface area contributed by atoms with Crippen molar-refractivity contribution in [2.75, 3.05) is 12.4 Å². The molecule has 4 aromatic rings. The van der Waals surface area contributed by atoms with Crippen LogP contribution in [-0.2, 0) is 13.6 Å². The third kappa shape index (κ3) is 3.86. The Morgan fingerprint density at radius 3 is 2.67 bits per heavy atom. The number of anilines is 1. The second kappa shape index (κ2) is 7.58. The molecule has 0 fully saturated rings. The number of nitrogens with one attached hydrogen (secondary N) is 1. The average Bonchev–Trinajstić information content (AvgIpc) is 3.34. The molecule has 3 heterocycles. The highest BCUT2D eigenvalue weighted by Gasteiger charge is 2.33. The van der Waals surface area contributed by atoms with Crippen LogP contribution >= 0.6 is 0 Å². The van der Waals surface area contributed by atoms with Crippen molar-refractivity contribution < 1.29 is 22.6 Å². The minimum absolute atomic E-state index is 0.139. The maximum atomic E-state index is 12.9. The molecule has 0 aliphatic carbocycles. The van der Waals surface area contributed by atoms with Crippen LogP contribution < -0.4 is 14.8 Å². The predicted octanol–water partition coefficient (Wildman–Crippen LogP) is 3.65. The zero-order valence-electron chi connectivity index (χ0n) is 16.0. The summed E-state index contributed by atoms with van der Waals surface area (Å²) in [5.74, 6) is 1.02. The number of methoxy groups -OCH3 is 1. The van der Waals surface area contributed by atoms with Crippen LogP contribution in [0.25, 0.3) is 16.8 Å². The van der Waals surface area contributed by atoms with Gasteiger partial charge in [-0.3, -0.25) is 4.40 Å².